The van der Waals surface area contributed by atoms with Gasteiger partial charge in [-0.25, -0.2) is 0 Å². The Kier molecular flexibility index (Phi) is 4.03. The van der Waals surface area contributed by atoms with Crippen molar-refractivity contribution in [1.82, 2.24) is 9.78 Å². The summed E-state index contributed by atoms with van der Waals surface area (Å²) in [6.07, 6.45) is 3.09. The SMILES string of the molecule is CCCCn1[nH]c(=O)c(-c2ccccc2)c1CC. The van der Waals surface area contributed by atoms with Crippen LogP contribution in [0.2, 0.25) is 0 Å². The van der Waals surface area contributed by atoms with Gasteiger partial charge in [0.25, 0.3) is 5.56 Å². The average molecular weight is 244 g/mol. The highest BCUT2D eigenvalue weighted by Gasteiger charge is 2.14. The van der Waals surface area contributed by atoms with Crippen molar-refractivity contribution in [3.05, 3.63) is 46.4 Å². The van der Waals surface area contributed by atoms with Crippen LogP contribution in [0.1, 0.15) is 32.4 Å². The van der Waals surface area contributed by atoms with Gasteiger partial charge in [0.2, 0.25) is 0 Å². The molecule has 3 heteroatoms. The van der Waals surface area contributed by atoms with E-state index >= 15 is 0 Å². The molecule has 0 saturated carbocycles. The molecule has 0 aliphatic rings. The van der Waals surface area contributed by atoms with E-state index in [0.717, 1.165) is 42.6 Å². The van der Waals surface area contributed by atoms with Crippen molar-refractivity contribution in [2.45, 2.75) is 39.7 Å². The van der Waals surface area contributed by atoms with E-state index in [2.05, 4.69) is 18.9 Å². The maximum atomic E-state index is 12.1. The number of rotatable bonds is 5. The van der Waals surface area contributed by atoms with Gasteiger partial charge in [-0.3, -0.25) is 14.6 Å². The second-order valence-electron chi connectivity index (χ2n) is 4.49. The molecular formula is C15H20N2O. The smallest absolute Gasteiger partial charge is 0.272 e. The summed E-state index contributed by atoms with van der Waals surface area (Å²) < 4.78 is 2.01. The Labute approximate surface area is 107 Å². The molecular weight excluding hydrogens is 224 g/mol. The zero-order valence-corrected chi connectivity index (χ0v) is 11.1. The van der Waals surface area contributed by atoms with Crippen LogP contribution in [0, 0.1) is 0 Å². The van der Waals surface area contributed by atoms with Crippen molar-refractivity contribution < 1.29 is 0 Å². The van der Waals surface area contributed by atoms with Gasteiger partial charge in [0.1, 0.15) is 0 Å². The summed E-state index contributed by atoms with van der Waals surface area (Å²) >= 11 is 0. The van der Waals surface area contributed by atoms with E-state index in [1.165, 1.54) is 0 Å². The third-order valence-electron chi connectivity index (χ3n) is 3.21. The topological polar surface area (TPSA) is 37.8 Å². The molecule has 0 aliphatic heterocycles. The fraction of sp³-hybridized carbons (Fsp3) is 0.400. The summed E-state index contributed by atoms with van der Waals surface area (Å²) in [6, 6.07) is 9.90. The van der Waals surface area contributed by atoms with Crippen molar-refractivity contribution in [3.63, 3.8) is 0 Å². The normalized spacial score (nSPS) is 10.8. The van der Waals surface area contributed by atoms with E-state index in [1.807, 2.05) is 35.0 Å². The maximum Gasteiger partial charge on any atom is 0.272 e. The van der Waals surface area contributed by atoms with Gasteiger partial charge in [-0.1, -0.05) is 50.6 Å². The summed E-state index contributed by atoms with van der Waals surface area (Å²) in [4.78, 5) is 12.1. The number of hydrogen-bond acceptors (Lipinski definition) is 1. The maximum absolute atomic E-state index is 12.1. The minimum Gasteiger partial charge on any atom is -0.289 e. The molecule has 1 heterocycles. The molecule has 0 saturated heterocycles. The Morgan fingerprint density at radius 2 is 1.89 bits per heavy atom. The van der Waals surface area contributed by atoms with Crippen LogP contribution in [-0.2, 0) is 13.0 Å². The monoisotopic (exact) mass is 244 g/mol. The predicted molar refractivity (Wildman–Crippen MR) is 74.8 cm³/mol. The quantitative estimate of drug-likeness (QED) is 0.861. The fourth-order valence-corrected chi connectivity index (χ4v) is 2.29. The fourth-order valence-electron chi connectivity index (χ4n) is 2.29. The number of nitrogens with zero attached hydrogens (tertiary/aromatic N) is 1. The number of nitrogens with one attached hydrogen (secondary N) is 1. The van der Waals surface area contributed by atoms with Gasteiger partial charge >= 0.3 is 0 Å². The third kappa shape index (κ3) is 2.40. The highest BCUT2D eigenvalue weighted by Crippen LogP contribution is 2.20. The first kappa shape index (κ1) is 12.7. The Hall–Kier alpha value is -1.77. The van der Waals surface area contributed by atoms with E-state index in [9.17, 15) is 4.79 Å². The van der Waals surface area contributed by atoms with Crippen molar-refractivity contribution in [1.29, 1.82) is 0 Å². The molecule has 18 heavy (non-hydrogen) atoms. The average Bonchev–Trinajstić information content (AvgIpc) is 2.73. The number of aromatic nitrogens is 2. The van der Waals surface area contributed by atoms with Crippen molar-refractivity contribution in [2.75, 3.05) is 0 Å². The van der Waals surface area contributed by atoms with Crippen LogP contribution in [0.3, 0.4) is 0 Å². The molecule has 1 N–H and O–H groups in total. The number of H-pyrrole nitrogens is 1. The number of benzene rings is 1. The minimum atomic E-state index is 0.0224. The molecule has 0 spiro atoms. The van der Waals surface area contributed by atoms with E-state index in [-0.39, 0.29) is 5.56 Å². The Balaban J connectivity index is 2.47. The Morgan fingerprint density at radius 3 is 2.50 bits per heavy atom. The van der Waals surface area contributed by atoms with Gasteiger partial charge in [-0.2, -0.15) is 0 Å². The molecule has 2 aromatic rings. The van der Waals surface area contributed by atoms with E-state index < -0.39 is 0 Å². The molecule has 0 radical (unpaired) electrons. The van der Waals surface area contributed by atoms with Crippen LogP contribution < -0.4 is 5.56 Å². The summed E-state index contributed by atoms with van der Waals surface area (Å²) in [6.45, 7) is 5.14. The number of aromatic amines is 1. The summed E-state index contributed by atoms with van der Waals surface area (Å²) in [5.74, 6) is 0. The first-order valence-corrected chi connectivity index (χ1v) is 6.65. The highest BCUT2D eigenvalue weighted by molar-refractivity contribution is 5.65. The number of unbranched alkanes of at least 4 members (excludes halogenated alkanes) is 1. The van der Waals surface area contributed by atoms with Crippen LogP contribution in [0.15, 0.2) is 35.1 Å². The van der Waals surface area contributed by atoms with Gasteiger partial charge in [-0.05, 0) is 18.4 Å². The Morgan fingerprint density at radius 1 is 1.17 bits per heavy atom. The molecule has 0 fully saturated rings. The minimum absolute atomic E-state index is 0.0224. The van der Waals surface area contributed by atoms with Crippen molar-refractivity contribution >= 4 is 0 Å². The van der Waals surface area contributed by atoms with Gasteiger partial charge in [-0.15, -0.1) is 0 Å². The van der Waals surface area contributed by atoms with Gasteiger partial charge < -0.3 is 0 Å². The molecule has 0 atom stereocenters. The van der Waals surface area contributed by atoms with Crippen LogP contribution in [0.25, 0.3) is 11.1 Å². The highest BCUT2D eigenvalue weighted by atomic mass is 16.1. The molecule has 0 bridgehead atoms. The summed E-state index contributed by atoms with van der Waals surface area (Å²) in [5, 5.41) is 2.96. The largest absolute Gasteiger partial charge is 0.289 e. The van der Waals surface area contributed by atoms with E-state index in [0.29, 0.717) is 0 Å². The standard InChI is InChI=1S/C15H20N2O/c1-3-5-11-17-13(4-2)14(15(18)16-17)12-9-7-6-8-10-12/h6-10H,3-5,11H2,1-2H3,(H,16,18). The van der Waals surface area contributed by atoms with Gasteiger partial charge in [0.05, 0.1) is 5.56 Å². The third-order valence-corrected chi connectivity index (χ3v) is 3.21. The lowest BCUT2D eigenvalue weighted by Gasteiger charge is -2.07. The molecule has 3 nitrogen and oxygen atoms in total. The number of aryl methyl sites for hydroxylation is 1. The molecule has 96 valence electrons. The van der Waals surface area contributed by atoms with Crippen molar-refractivity contribution in [2.24, 2.45) is 0 Å². The molecule has 0 unspecified atom stereocenters. The lowest BCUT2D eigenvalue weighted by atomic mass is 10.1. The molecule has 1 aromatic heterocycles. The first-order valence-electron chi connectivity index (χ1n) is 6.65. The van der Waals surface area contributed by atoms with Crippen molar-refractivity contribution in [3.8, 4) is 11.1 Å². The number of hydrogen-bond donors (Lipinski definition) is 1. The first-order chi connectivity index (χ1) is 8.77. The Bertz CT molecular complexity index is 552. The molecule has 2 rings (SSSR count). The zero-order valence-electron chi connectivity index (χ0n) is 11.1. The summed E-state index contributed by atoms with van der Waals surface area (Å²) in [5.41, 5.74) is 2.97. The van der Waals surface area contributed by atoms with Gasteiger partial charge in [0.15, 0.2) is 0 Å². The van der Waals surface area contributed by atoms with Gasteiger partial charge in [0, 0.05) is 12.2 Å². The second kappa shape index (κ2) is 5.71. The molecule has 1 aromatic carbocycles. The zero-order chi connectivity index (χ0) is 13.0. The van der Waals surface area contributed by atoms with E-state index in [1.54, 1.807) is 0 Å². The lowest BCUT2D eigenvalue weighted by Crippen LogP contribution is -2.07. The molecule has 0 aliphatic carbocycles. The van der Waals surface area contributed by atoms with Crippen LogP contribution >= 0.6 is 0 Å². The van der Waals surface area contributed by atoms with Crippen LogP contribution in [0.4, 0.5) is 0 Å². The lowest BCUT2D eigenvalue weighted by molar-refractivity contribution is 0.548. The second-order valence-corrected chi connectivity index (χ2v) is 4.49. The van der Waals surface area contributed by atoms with E-state index in [4.69, 9.17) is 0 Å². The predicted octanol–water partition coefficient (Wildman–Crippen LogP) is 3.21. The summed E-state index contributed by atoms with van der Waals surface area (Å²) in [7, 11) is 0. The van der Waals surface area contributed by atoms with Crippen LogP contribution in [0.5, 0.6) is 0 Å². The molecule has 0 amide bonds. The van der Waals surface area contributed by atoms with Crippen LogP contribution in [-0.4, -0.2) is 9.78 Å².